The van der Waals surface area contributed by atoms with E-state index < -0.39 is 0 Å². The molecule has 2 bridgehead atoms. The lowest BCUT2D eigenvalue weighted by Gasteiger charge is -2.34. The molecule has 0 amide bonds. The van der Waals surface area contributed by atoms with Gasteiger partial charge in [0.2, 0.25) is 0 Å². The maximum absolute atomic E-state index is 13.4. The summed E-state index contributed by atoms with van der Waals surface area (Å²) >= 11 is 0. The number of non-ortho nitro benzene ring substituents is 1. The number of hydrogen-bond acceptors (Lipinski definition) is 6. The van der Waals surface area contributed by atoms with Crippen molar-refractivity contribution < 1.29 is 9.72 Å². The van der Waals surface area contributed by atoms with Gasteiger partial charge in [0.05, 0.1) is 23.0 Å². The average molecular weight is 471 g/mol. The Hall–Kier alpha value is -3.29. The number of aryl methyl sites for hydroxylation is 1. The molecule has 7 nitrogen and oxygen atoms in total. The van der Waals surface area contributed by atoms with Gasteiger partial charge in [0.25, 0.3) is 5.69 Å². The van der Waals surface area contributed by atoms with Crippen LogP contribution in [0.15, 0.2) is 60.7 Å². The number of unbranched alkanes of at least 4 members (excludes halogenated alkanes) is 1. The molecule has 0 radical (unpaired) electrons. The van der Waals surface area contributed by atoms with E-state index in [1.54, 1.807) is 6.07 Å². The van der Waals surface area contributed by atoms with Crippen LogP contribution >= 0.6 is 0 Å². The second-order valence-electron chi connectivity index (χ2n) is 10.1. The summed E-state index contributed by atoms with van der Waals surface area (Å²) in [5, 5.41) is 16.7. The van der Waals surface area contributed by atoms with E-state index >= 15 is 0 Å². The maximum Gasteiger partial charge on any atom is 0.277 e. The molecule has 0 aliphatic carbocycles. The van der Waals surface area contributed by atoms with Crippen molar-refractivity contribution in [1.82, 2.24) is 10.2 Å². The molecule has 7 heteroatoms. The van der Waals surface area contributed by atoms with Gasteiger partial charge in [-0.25, -0.2) is 0 Å². The summed E-state index contributed by atoms with van der Waals surface area (Å²) in [4.78, 5) is 29.4. The summed E-state index contributed by atoms with van der Waals surface area (Å²) in [6.45, 7) is 3.77. The molecule has 3 aromatic rings. The van der Waals surface area contributed by atoms with Gasteiger partial charge in [-0.05, 0) is 37.0 Å². The van der Waals surface area contributed by atoms with Crippen molar-refractivity contribution >= 4 is 27.9 Å². The van der Waals surface area contributed by atoms with Crippen molar-refractivity contribution in [3.05, 3.63) is 81.9 Å². The Bertz CT molecular complexity index is 1290. The average Bonchev–Trinajstić information content (AvgIpc) is 3.59. The van der Waals surface area contributed by atoms with Crippen LogP contribution in [-0.2, 0) is 6.42 Å². The standard InChI is InChI=1S/C28H30N4O3/c1-2-3-6-18-9-11-19(12-10-18)28(33)27-25-15-22(29-27)26-16-30(17-31(25)26)23-13-14-24(32(34)35)21-8-5-4-7-20(21)23/h4-5,7-14,22,25-27,29H,2-3,6,15-17H2,1H3. The zero-order chi connectivity index (χ0) is 24.1. The molecule has 3 aliphatic heterocycles. The summed E-state index contributed by atoms with van der Waals surface area (Å²) < 4.78 is 0. The minimum Gasteiger partial charge on any atom is -0.356 e. The molecule has 6 rings (SSSR count). The number of benzene rings is 3. The number of ketones is 1. The maximum atomic E-state index is 13.4. The monoisotopic (exact) mass is 470 g/mol. The van der Waals surface area contributed by atoms with E-state index in [1.807, 2.05) is 42.5 Å². The highest BCUT2D eigenvalue weighted by Crippen LogP contribution is 2.42. The molecule has 0 spiro atoms. The van der Waals surface area contributed by atoms with Crippen molar-refractivity contribution in [2.24, 2.45) is 0 Å². The summed E-state index contributed by atoms with van der Waals surface area (Å²) in [6.07, 6.45) is 4.38. The number of Topliss-reactive ketones (excluding diaryl/α,β-unsaturated/α-hetero) is 1. The predicted molar refractivity (Wildman–Crippen MR) is 137 cm³/mol. The van der Waals surface area contributed by atoms with Crippen LogP contribution < -0.4 is 10.2 Å². The summed E-state index contributed by atoms with van der Waals surface area (Å²) in [7, 11) is 0. The lowest BCUT2D eigenvalue weighted by Crippen LogP contribution is -2.57. The van der Waals surface area contributed by atoms with Gasteiger partial charge < -0.3 is 10.2 Å². The molecule has 3 fully saturated rings. The Kier molecular flexibility index (Phi) is 5.54. The molecule has 0 saturated carbocycles. The number of carbonyl (C=O) groups excluding carboxylic acids is 1. The van der Waals surface area contributed by atoms with E-state index in [-0.39, 0.29) is 34.5 Å². The second kappa shape index (κ2) is 8.73. The molecule has 3 saturated heterocycles. The second-order valence-corrected chi connectivity index (χ2v) is 10.1. The molecule has 1 N–H and O–H groups in total. The van der Waals surface area contributed by atoms with E-state index in [1.165, 1.54) is 12.0 Å². The highest BCUT2D eigenvalue weighted by molar-refractivity contribution is 6.01. The third-order valence-corrected chi connectivity index (χ3v) is 8.09. The molecule has 3 heterocycles. The molecule has 3 aromatic carbocycles. The first kappa shape index (κ1) is 22.2. The third-order valence-electron chi connectivity index (χ3n) is 8.09. The predicted octanol–water partition coefficient (Wildman–Crippen LogP) is 4.53. The van der Waals surface area contributed by atoms with Crippen LogP contribution in [0, 0.1) is 10.1 Å². The lowest BCUT2D eigenvalue weighted by atomic mass is 9.97. The van der Waals surface area contributed by atoms with Crippen LogP contribution in [-0.4, -0.2) is 53.0 Å². The van der Waals surface area contributed by atoms with Gasteiger partial charge in [-0.15, -0.1) is 0 Å². The Labute approximate surface area is 204 Å². The zero-order valence-corrected chi connectivity index (χ0v) is 19.9. The van der Waals surface area contributed by atoms with E-state index in [2.05, 4.69) is 34.2 Å². The van der Waals surface area contributed by atoms with Crippen LogP contribution in [0.4, 0.5) is 11.4 Å². The van der Waals surface area contributed by atoms with Gasteiger partial charge in [0, 0.05) is 47.4 Å². The van der Waals surface area contributed by atoms with Crippen LogP contribution in [0.1, 0.15) is 42.1 Å². The molecule has 35 heavy (non-hydrogen) atoms. The molecule has 0 aromatic heterocycles. The number of nitrogens with one attached hydrogen (secondary N) is 1. The Morgan fingerprint density at radius 2 is 1.83 bits per heavy atom. The highest BCUT2D eigenvalue weighted by atomic mass is 16.6. The van der Waals surface area contributed by atoms with Crippen LogP contribution in [0.2, 0.25) is 0 Å². The SMILES string of the molecule is CCCCc1ccc(C(=O)C2NC3CC2N2CN(c4ccc([N+](=O)[O-])c5ccccc45)CC32)cc1. The number of carbonyl (C=O) groups is 1. The quantitative estimate of drug-likeness (QED) is 0.310. The van der Waals surface area contributed by atoms with Crippen molar-refractivity contribution in [2.45, 2.75) is 56.8 Å². The van der Waals surface area contributed by atoms with E-state index in [0.717, 1.165) is 49.1 Å². The van der Waals surface area contributed by atoms with Crippen molar-refractivity contribution in [2.75, 3.05) is 18.1 Å². The molecular formula is C28H30N4O3. The number of hydrogen-bond donors (Lipinski definition) is 1. The lowest BCUT2D eigenvalue weighted by molar-refractivity contribution is -0.383. The number of nitro benzene ring substituents is 1. The van der Waals surface area contributed by atoms with Gasteiger partial charge >= 0.3 is 0 Å². The minimum absolute atomic E-state index is 0.136. The summed E-state index contributed by atoms with van der Waals surface area (Å²) in [5.74, 6) is 0.178. The summed E-state index contributed by atoms with van der Waals surface area (Å²) in [6, 6.07) is 19.8. The van der Waals surface area contributed by atoms with E-state index in [4.69, 9.17) is 0 Å². The van der Waals surface area contributed by atoms with E-state index in [0.29, 0.717) is 11.4 Å². The Morgan fingerprint density at radius 3 is 2.57 bits per heavy atom. The van der Waals surface area contributed by atoms with Gasteiger partial charge in [-0.1, -0.05) is 55.8 Å². The zero-order valence-electron chi connectivity index (χ0n) is 19.9. The van der Waals surface area contributed by atoms with Gasteiger partial charge in [-0.3, -0.25) is 19.8 Å². The largest absolute Gasteiger partial charge is 0.356 e. The fourth-order valence-corrected chi connectivity index (χ4v) is 6.32. The molecular weight excluding hydrogens is 440 g/mol. The fraction of sp³-hybridized carbons (Fsp3) is 0.393. The molecule has 180 valence electrons. The first-order chi connectivity index (χ1) is 17.0. The number of rotatable bonds is 7. The fourth-order valence-electron chi connectivity index (χ4n) is 6.32. The number of anilines is 1. The van der Waals surface area contributed by atoms with Crippen molar-refractivity contribution in [1.29, 1.82) is 0 Å². The van der Waals surface area contributed by atoms with Gasteiger partial charge in [0.15, 0.2) is 5.78 Å². The topological polar surface area (TPSA) is 78.7 Å². The van der Waals surface area contributed by atoms with Crippen LogP contribution in [0.25, 0.3) is 10.8 Å². The number of nitro groups is 1. The first-order valence-electron chi connectivity index (χ1n) is 12.6. The number of nitrogens with zero attached hydrogens (tertiary/aromatic N) is 3. The highest BCUT2D eigenvalue weighted by Gasteiger charge is 2.56. The first-order valence-corrected chi connectivity index (χ1v) is 12.6. The van der Waals surface area contributed by atoms with Crippen molar-refractivity contribution in [3.63, 3.8) is 0 Å². The molecule has 4 unspecified atom stereocenters. The van der Waals surface area contributed by atoms with E-state index in [9.17, 15) is 14.9 Å². The molecule has 3 aliphatic rings. The number of piperazine rings is 1. The third kappa shape index (κ3) is 3.70. The Balaban J connectivity index is 1.21. The smallest absolute Gasteiger partial charge is 0.277 e. The van der Waals surface area contributed by atoms with Gasteiger partial charge in [0.1, 0.15) is 0 Å². The number of fused-ring (bicyclic) bond motifs is 6. The molecule has 4 atom stereocenters. The normalized spacial score (nSPS) is 25.3. The minimum atomic E-state index is -0.314. The van der Waals surface area contributed by atoms with Crippen LogP contribution in [0.5, 0.6) is 0 Å². The van der Waals surface area contributed by atoms with Crippen LogP contribution in [0.3, 0.4) is 0 Å². The summed E-state index contributed by atoms with van der Waals surface area (Å²) in [5.41, 5.74) is 3.22. The van der Waals surface area contributed by atoms with Crippen molar-refractivity contribution in [3.8, 4) is 0 Å². The Morgan fingerprint density at radius 1 is 1.06 bits per heavy atom. The van der Waals surface area contributed by atoms with Gasteiger partial charge in [-0.2, -0.15) is 0 Å².